The SMILES string of the molecule is Cc1nn(C)c2cc(-c3noc(C4CCN(C(=O)C5CC(=O)N(CC6CC6)C5)CC4)n3)ccc12. The Kier molecular flexibility index (Phi) is 5.15. The van der Waals surface area contributed by atoms with E-state index in [1.54, 1.807) is 0 Å². The first kappa shape index (κ1) is 21.3. The number of benzene rings is 1. The highest BCUT2D eigenvalue weighted by molar-refractivity contribution is 5.89. The molecule has 0 spiro atoms. The van der Waals surface area contributed by atoms with E-state index in [2.05, 4.69) is 15.2 Å². The molecule has 34 heavy (non-hydrogen) atoms. The summed E-state index contributed by atoms with van der Waals surface area (Å²) in [5, 5.41) is 9.82. The monoisotopic (exact) mass is 462 g/mol. The minimum Gasteiger partial charge on any atom is -0.342 e. The molecule has 3 aliphatic rings. The fraction of sp³-hybridized carbons (Fsp3) is 0.560. The molecule has 0 radical (unpaired) electrons. The van der Waals surface area contributed by atoms with E-state index in [1.807, 2.05) is 46.7 Å². The van der Waals surface area contributed by atoms with Gasteiger partial charge in [-0.25, -0.2) is 0 Å². The van der Waals surface area contributed by atoms with Crippen molar-refractivity contribution >= 4 is 22.7 Å². The van der Waals surface area contributed by atoms with E-state index < -0.39 is 0 Å². The van der Waals surface area contributed by atoms with Gasteiger partial charge >= 0.3 is 0 Å². The molecular weight excluding hydrogens is 432 g/mol. The van der Waals surface area contributed by atoms with Gasteiger partial charge in [0.2, 0.25) is 23.5 Å². The summed E-state index contributed by atoms with van der Waals surface area (Å²) in [5.41, 5.74) is 2.94. The highest BCUT2D eigenvalue weighted by atomic mass is 16.5. The van der Waals surface area contributed by atoms with Crippen molar-refractivity contribution in [1.82, 2.24) is 29.7 Å². The lowest BCUT2D eigenvalue weighted by Crippen LogP contribution is -2.42. The van der Waals surface area contributed by atoms with E-state index in [0.29, 0.717) is 43.7 Å². The molecule has 4 heterocycles. The Morgan fingerprint density at radius 2 is 1.97 bits per heavy atom. The smallest absolute Gasteiger partial charge is 0.230 e. The van der Waals surface area contributed by atoms with Crippen LogP contribution in [0.4, 0.5) is 0 Å². The van der Waals surface area contributed by atoms with Crippen LogP contribution in [0.3, 0.4) is 0 Å². The number of hydrogen-bond donors (Lipinski definition) is 0. The molecule has 2 saturated heterocycles. The van der Waals surface area contributed by atoms with E-state index >= 15 is 0 Å². The zero-order chi connectivity index (χ0) is 23.4. The van der Waals surface area contributed by atoms with Crippen molar-refractivity contribution < 1.29 is 14.1 Å². The minimum atomic E-state index is -0.191. The molecular formula is C25H30N6O3. The molecule has 6 rings (SSSR count). The van der Waals surface area contributed by atoms with Gasteiger partial charge in [-0.2, -0.15) is 10.1 Å². The fourth-order valence-corrected chi connectivity index (χ4v) is 5.43. The van der Waals surface area contributed by atoms with Crippen LogP contribution in [0.2, 0.25) is 0 Å². The topological polar surface area (TPSA) is 97.4 Å². The molecule has 3 aromatic rings. The van der Waals surface area contributed by atoms with Gasteiger partial charge in [-0.1, -0.05) is 17.3 Å². The molecule has 0 bridgehead atoms. The van der Waals surface area contributed by atoms with Crippen molar-refractivity contribution in [1.29, 1.82) is 0 Å². The Labute approximate surface area is 198 Å². The van der Waals surface area contributed by atoms with Crippen LogP contribution in [0.1, 0.15) is 49.6 Å². The first-order chi connectivity index (χ1) is 16.5. The number of hydrogen-bond acceptors (Lipinski definition) is 6. The maximum Gasteiger partial charge on any atom is 0.230 e. The van der Waals surface area contributed by atoms with Crippen molar-refractivity contribution in [3.63, 3.8) is 0 Å². The predicted molar refractivity (Wildman–Crippen MR) is 125 cm³/mol. The van der Waals surface area contributed by atoms with Crippen LogP contribution in [0.15, 0.2) is 22.7 Å². The van der Waals surface area contributed by atoms with Crippen LogP contribution in [-0.4, -0.2) is 67.7 Å². The van der Waals surface area contributed by atoms with Gasteiger partial charge in [0.05, 0.1) is 17.1 Å². The van der Waals surface area contributed by atoms with E-state index in [0.717, 1.165) is 41.5 Å². The molecule has 1 aromatic carbocycles. The van der Waals surface area contributed by atoms with Crippen LogP contribution >= 0.6 is 0 Å². The van der Waals surface area contributed by atoms with Crippen LogP contribution in [0.25, 0.3) is 22.3 Å². The number of fused-ring (bicyclic) bond motifs is 1. The van der Waals surface area contributed by atoms with Crippen molar-refractivity contribution in [2.24, 2.45) is 18.9 Å². The number of aromatic nitrogens is 4. The number of amides is 2. The molecule has 1 saturated carbocycles. The van der Waals surface area contributed by atoms with Crippen LogP contribution < -0.4 is 0 Å². The molecule has 1 unspecified atom stereocenters. The van der Waals surface area contributed by atoms with Gasteiger partial charge in [0.25, 0.3) is 0 Å². The van der Waals surface area contributed by atoms with Gasteiger partial charge in [0.15, 0.2) is 0 Å². The highest BCUT2D eigenvalue weighted by Crippen LogP contribution is 2.34. The van der Waals surface area contributed by atoms with Gasteiger partial charge < -0.3 is 14.3 Å². The lowest BCUT2D eigenvalue weighted by Gasteiger charge is -2.32. The molecule has 2 aromatic heterocycles. The predicted octanol–water partition coefficient (Wildman–Crippen LogP) is 2.90. The van der Waals surface area contributed by atoms with E-state index in [1.165, 1.54) is 12.8 Å². The highest BCUT2D eigenvalue weighted by Gasteiger charge is 2.39. The van der Waals surface area contributed by atoms with Gasteiger partial charge in [-0.15, -0.1) is 0 Å². The lowest BCUT2D eigenvalue weighted by molar-refractivity contribution is -0.136. The molecule has 3 fully saturated rings. The van der Waals surface area contributed by atoms with Gasteiger partial charge in [0, 0.05) is 56.5 Å². The normalized spacial score (nSPS) is 21.7. The van der Waals surface area contributed by atoms with Crippen molar-refractivity contribution in [2.45, 2.75) is 44.9 Å². The molecule has 1 aliphatic carbocycles. The summed E-state index contributed by atoms with van der Waals surface area (Å²) in [6.07, 6.45) is 4.37. The van der Waals surface area contributed by atoms with Gasteiger partial charge in [-0.05, 0) is 44.6 Å². The molecule has 178 valence electrons. The quantitative estimate of drug-likeness (QED) is 0.578. The molecule has 9 heteroatoms. The zero-order valence-corrected chi connectivity index (χ0v) is 19.7. The maximum absolute atomic E-state index is 13.1. The van der Waals surface area contributed by atoms with Crippen LogP contribution in [0.5, 0.6) is 0 Å². The van der Waals surface area contributed by atoms with Gasteiger partial charge in [-0.3, -0.25) is 14.3 Å². The third-order valence-electron chi connectivity index (χ3n) is 7.63. The summed E-state index contributed by atoms with van der Waals surface area (Å²) in [5.74, 6) is 2.08. The largest absolute Gasteiger partial charge is 0.342 e. The van der Waals surface area contributed by atoms with Crippen LogP contribution in [0, 0.1) is 18.8 Å². The number of piperidine rings is 1. The second kappa shape index (κ2) is 8.21. The first-order valence-corrected chi connectivity index (χ1v) is 12.3. The molecule has 9 nitrogen and oxygen atoms in total. The maximum atomic E-state index is 13.1. The van der Waals surface area contributed by atoms with E-state index in [9.17, 15) is 9.59 Å². The number of likely N-dealkylation sites (tertiary alicyclic amines) is 2. The van der Waals surface area contributed by atoms with Gasteiger partial charge in [0.1, 0.15) is 0 Å². The Morgan fingerprint density at radius 1 is 1.18 bits per heavy atom. The summed E-state index contributed by atoms with van der Waals surface area (Å²) in [6.45, 7) is 4.74. The van der Waals surface area contributed by atoms with E-state index in [-0.39, 0.29) is 23.7 Å². The van der Waals surface area contributed by atoms with Crippen molar-refractivity contribution in [3.05, 3.63) is 29.8 Å². The number of rotatable bonds is 5. The van der Waals surface area contributed by atoms with Crippen molar-refractivity contribution in [3.8, 4) is 11.4 Å². The third kappa shape index (κ3) is 3.86. The second-order valence-electron chi connectivity index (χ2n) is 10.1. The Bertz CT molecular complexity index is 1250. The zero-order valence-electron chi connectivity index (χ0n) is 19.7. The van der Waals surface area contributed by atoms with Crippen LogP contribution in [-0.2, 0) is 16.6 Å². The van der Waals surface area contributed by atoms with E-state index in [4.69, 9.17) is 4.52 Å². The number of aryl methyl sites for hydroxylation is 2. The number of carbonyl (C=O) groups is 2. The molecule has 2 aliphatic heterocycles. The average molecular weight is 463 g/mol. The Balaban J connectivity index is 1.08. The third-order valence-corrected chi connectivity index (χ3v) is 7.63. The minimum absolute atomic E-state index is 0.121. The summed E-state index contributed by atoms with van der Waals surface area (Å²) in [4.78, 5) is 33.9. The Morgan fingerprint density at radius 3 is 2.74 bits per heavy atom. The molecule has 2 amide bonds. The summed E-state index contributed by atoms with van der Waals surface area (Å²) in [7, 11) is 1.93. The molecule has 0 N–H and O–H groups in total. The second-order valence-corrected chi connectivity index (χ2v) is 10.1. The number of carbonyl (C=O) groups excluding carboxylic acids is 2. The standard InChI is InChI=1S/C25H30N6O3/c1-15-20-6-5-18(11-21(20)29(2)27-15)23-26-24(34-28-23)17-7-9-30(10-8-17)25(33)19-12-22(32)31(14-19)13-16-3-4-16/h5-6,11,16-17,19H,3-4,7-10,12-14H2,1-2H3. The fourth-order valence-electron chi connectivity index (χ4n) is 5.43. The summed E-state index contributed by atoms with van der Waals surface area (Å²) >= 11 is 0. The summed E-state index contributed by atoms with van der Waals surface area (Å²) in [6, 6.07) is 6.09. The summed E-state index contributed by atoms with van der Waals surface area (Å²) < 4.78 is 7.50. The number of nitrogens with zero attached hydrogens (tertiary/aromatic N) is 6. The van der Waals surface area contributed by atoms with Crippen molar-refractivity contribution in [2.75, 3.05) is 26.2 Å². The molecule has 1 atom stereocenters. The Hall–Kier alpha value is -3.23. The first-order valence-electron chi connectivity index (χ1n) is 12.3. The lowest BCUT2D eigenvalue weighted by atomic mass is 9.95. The average Bonchev–Trinajstić information content (AvgIpc) is 3.26.